The van der Waals surface area contributed by atoms with E-state index in [1.807, 2.05) is 30.3 Å². The van der Waals surface area contributed by atoms with Gasteiger partial charge >= 0.3 is 0 Å². The number of aryl methyl sites for hydroxylation is 1. The number of nitrogens with zero attached hydrogens (tertiary/aromatic N) is 1. The number of hydrogen-bond donors (Lipinski definition) is 1. The van der Waals surface area contributed by atoms with Crippen molar-refractivity contribution < 1.29 is 13.5 Å². The van der Waals surface area contributed by atoms with Gasteiger partial charge in [-0.05, 0) is 30.7 Å². The van der Waals surface area contributed by atoms with Crippen LogP contribution in [-0.2, 0) is 16.4 Å². The smallest absolute Gasteiger partial charge is 0.214 e. The molecule has 1 aromatic carbocycles. The fraction of sp³-hybridized carbons (Fsp3) is 0.600. The third kappa shape index (κ3) is 4.04. The van der Waals surface area contributed by atoms with Crippen molar-refractivity contribution >= 4 is 10.0 Å². The van der Waals surface area contributed by atoms with Crippen LogP contribution >= 0.6 is 0 Å². The Hall–Kier alpha value is -0.910. The summed E-state index contributed by atoms with van der Waals surface area (Å²) in [5, 5.41) is 9.79. The van der Waals surface area contributed by atoms with Gasteiger partial charge in [0.25, 0.3) is 0 Å². The summed E-state index contributed by atoms with van der Waals surface area (Å²) in [4.78, 5) is 0. The maximum Gasteiger partial charge on any atom is 0.214 e. The van der Waals surface area contributed by atoms with Gasteiger partial charge in [-0.1, -0.05) is 36.8 Å². The molecule has 0 spiro atoms. The van der Waals surface area contributed by atoms with E-state index in [1.165, 1.54) is 4.31 Å². The predicted molar refractivity (Wildman–Crippen MR) is 79.9 cm³/mol. The van der Waals surface area contributed by atoms with Gasteiger partial charge in [0.05, 0.1) is 11.9 Å². The summed E-state index contributed by atoms with van der Waals surface area (Å²) in [5.74, 6) is 0.211. The lowest BCUT2D eigenvalue weighted by atomic mass is 10.1. The second kappa shape index (κ2) is 6.70. The number of sulfonamides is 1. The van der Waals surface area contributed by atoms with Crippen LogP contribution in [0.1, 0.15) is 24.8 Å². The minimum Gasteiger partial charge on any atom is -0.393 e. The van der Waals surface area contributed by atoms with Crippen LogP contribution in [0.3, 0.4) is 0 Å². The minimum atomic E-state index is -3.25. The van der Waals surface area contributed by atoms with Gasteiger partial charge in [0, 0.05) is 13.6 Å². The highest BCUT2D eigenvalue weighted by Gasteiger charge is 2.29. The largest absolute Gasteiger partial charge is 0.393 e. The molecule has 1 N–H and O–H groups in total. The molecule has 1 fully saturated rings. The second-order valence-electron chi connectivity index (χ2n) is 5.59. The predicted octanol–water partition coefficient (Wildman–Crippen LogP) is 1.65. The SMILES string of the molecule is CN(CC1CCCC1O)S(=O)(=O)CCc1ccccc1. The number of aliphatic hydroxyl groups excluding tert-OH is 1. The topological polar surface area (TPSA) is 57.6 Å². The summed E-state index contributed by atoms with van der Waals surface area (Å²) in [6.45, 7) is 0.429. The fourth-order valence-corrected chi connectivity index (χ4v) is 3.95. The lowest BCUT2D eigenvalue weighted by Gasteiger charge is -2.22. The molecule has 0 amide bonds. The normalized spacial score (nSPS) is 23.4. The Balaban J connectivity index is 1.89. The number of hydrogen-bond acceptors (Lipinski definition) is 3. The molecular formula is C15H23NO3S. The summed E-state index contributed by atoms with van der Waals surface area (Å²) in [6.07, 6.45) is 2.88. The van der Waals surface area contributed by atoms with E-state index in [0.29, 0.717) is 13.0 Å². The van der Waals surface area contributed by atoms with E-state index in [2.05, 4.69) is 0 Å². The van der Waals surface area contributed by atoms with Gasteiger partial charge in [-0.3, -0.25) is 0 Å². The van der Waals surface area contributed by atoms with Gasteiger partial charge in [-0.25, -0.2) is 12.7 Å². The highest BCUT2D eigenvalue weighted by Crippen LogP contribution is 2.26. The number of benzene rings is 1. The lowest BCUT2D eigenvalue weighted by molar-refractivity contribution is 0.123. The van der Waals surface area contributed by atoms with Gasteiger partial charge in [0.1, 0.15) is 0 Å². The maximum absolute atomic E-state index is 12.2. The zero-order valence-electron chi connectivity index (χ0n) is 11.9. The van der Waals surface area contributed by atoms with Crippen LogP contribution in [0.2, 0.25) is 0 Å². The van der Waals surface area contributed by atoms with Crippen molar-refractivity contribution in [3.05, 3.63) is 35.9 Å². The van der Waals surface area contributed by atoms with E-state index in [0.717, 1.165) is 24.8 Å². The second-order valence-corrected chi connectivity index (χ2v) is 7.79. The summed E-state index contributed by atoms with van der Waals surface area (Å²) in [7, 11) is -1.63. The Morgan fingerprint density at radius 1 is 1.25 bits per heavy atom. The Morgan fingerprint density at radius 2 is 1.95 bits per heavy atom. The molecule has 2 rings (SSSR count). The van der Waals surface area contributed by atoms with Crippen molar-refractivity contribution in [2.45, 2.75) is 31.8 Å². The van der Waals surface area contributed by atoms with Crippen LogP contribution in [0, 0.1) is 5.92 Å². The molecule has 0 heterocycles. The molecule has 0 radical (unpaired) electrons. The van der Waals surface area contributed by atoms with Crippen LogP contribution in [0.4, 0.5) is 0 Å². The first kappa shape index (κ1) is 15.5. The highest BCUT2D eigenvalue weighted by atomic mass is 32.2. The summed E-state index contributed by atoms with van der Waals surface area (Å²) in [5.41, 5.74) is 1.03. The van der Waals surface area contributed by atoms with E-state index >= 15 is 0 Å². The van der Waals surface area contributed by atoms with Gasteiger partial charge in [-0.15, -0.1) is 0 Å². The van der Waals surface area contributed by atoms with E-state index < -0.39 is 10.0 Å². The molecule has 1 saturated carbocycles. The zero-order chi connectivity index (χ0) is 14.6. The van der Waals surface area contributed by atoms with Crippen LogP contribution in [0.25, 0.3) is 0 Å². The van der Waals surface area contributed by atoms with Crippen molar-refractivity contribution in [1.82, 2.24) is 4.31 Å². The molecule has 2 atom stereocenters. The third-order valence-corrected chi connectivity index (χ3v) is 5.90. The average molecular weight is 297 g/mol. The summed E-state index contributed by atoms with van der Waals surface area (Å²) in [6, 6.07) is 9.64. The molecule has 0 aromatic heterocycles. The molecule has 20 heavy (non-hydrogen) atoms. The van der Waals surface area contributed by atoms with E-state index in [-0.39, 0.29) is 17.8 Å². The molecule has 2 unspecified atom stereocenters. The van der Waals surface area contributed by atoms with Crippen molar-refractivity contribution in [2.75, 3.05) is 19.3 Å². The Bertz CT molecular complexity index is 515. The molecule has 1 aliphatic rings. The van der Waals surface area contributed by atoms with E-state index in [9.17, 15) is 13.5 Å². The first-order valence-corrected chi connectivity index (χ1v) is 8.76. The van der Waals surface area contributed by atoms with Gasteiger partial charge in [0.2, 0.25) is 10.0 Å². The third-order valence-electron chi connectivity index (χ3n) is 4.08. The minimum absolute atomic E-state index is 0.0894. The molecule has 0 saturated heterocycles. The Morgan fingerprint density at radius 3 is 2.55 bits per heavy atom. The monoisotopic (exact) mass is 297 g/mol. The van der Waals surface area contributed by atoms with Gasteiger partial charge in [0.15, 0.2) is 0 Å². The number of aliphatic hydroxyl groups is 1. The lowest BCUT2D eigenvalue weighted by Crippen LogP contribution is -2.36. The average Bonchev–Trinajstić information content (AvgIpc) is 2.83. The highest BCUT2D eigenvalue weighted by molar-refractivity contribution is 7.89. The van der Waals surface area contributed by atoms with Crippen LogP contribution in [0.5, 0.6) is 0 Å². The van der Waals surface area contributed by atoms with Crippen molar-refractivity contribution in [3.63, 3.8) is 0 Å². The zero-order valence-corrected chi connectivity index (χ0v) is 12.7. The summed E-state index contributed by atoms with van der Waals surface area (Å²) >= 11 is 0. The first-order valence-electron chi connectivity index (χ1n) is 7.15. The van der Waals surface area contributed by atoms with Gasteiger partial charge < -0.3 is 5.11 Å². The molecule has 112 valence electrons. The van der Waals surface area contributed by atoms with Crippen molar-refractivity contribution in [2.24, 2.45) is 5.92 Å². The van der Waals surface area contributed by atoms with Crippen molar-refractivity contribution in [3.8, 4) is 0 Å². The molecule has 5 heteroatoms. The van der Waals surface area contributed by atoms with E-state index in [1.54, 1.807) is 7.05 Å². The van der Waals surface area contributed by atoms with Crippen LogP contribution in [-0.4, -0.2) is 43.3 Å². The quantitative estimate of drug-likeness (QED) is 0.868. The summed E-state index contributed by atoms with van der Waals surface area (Å²) < 4.78 is 25.9. The fourth-order valence-electron chi connectivity index (χ4n) is 2.72. The molecule has 0 aliphatic heterocycles. The Labute approximate surface area is 121 Å². The van der Waals surface area contributed by atoms with Crippen LogP contribution in [0.15, 0.2) is 30.3 Å². The van der Waals surface area contributed by atoms with Crippen LogP contribution < -0.4 is 0 Å². The molecule has 4 nitrogen and oxygen atoms in total. The Kier molecular flexibility index (Phi) is 5.18. The molecule has 1 aromatic rings. The van der Waals surface area contributed by atoms with E-state index in [4.69, 9.17) is 0 Å². The number of rotatable bonds is 6. The molecule has 1 aliphatic carbocycles. The molecular weight excluding hydrogens is 274 g/mol. The first-order chi connectivity index (χ1) is 9.49. The van der Waals surface area contributed by atoms with Crippen molar-refractivity contribution in [1.29, 1.82) is 0 Å². The standard InChI is InChI=1S/C15H23NO3S/c1-16(12-14-8-5-9-15(14)17)20(18,19)11-10-13-6-3-2-4-7-13/h2-4,6-7,14-15,17H,5,8-12H2,1H3. The molecule has 0 bridgehead atoms. The maximum atomic E-state index is 12.2. The van der Waals surface area contributed by atoms with Gasteiger partial charge in [-0.2, -0.15) is 0 Å².